The Morgan fingerprint density at radius 1 is 1.30 bits per heavy atom. The number of piperidine rings is 1. The fourth-order valence-corrected chi connectivity index (χ4v) is 2.22. The molecule has 3 amide bonds. The third kappa shape index (κ3) is 4.25. The van der Waals surface area contributed by atoms with Gasteiger partial charge in [0.1, 0.15) is 0 Å². The Kier molecular flexibility index (Phi) is 5.54. The van der Waals surface area contributed by atoms with E-state index in [-0.39, 0.29) is 23.0 Å². The molecule has 1 aliphatic rings. The van der Waals surface area contributed by atoms with Crippen LogP contribution in [-0.4, -0.2) is 47.5 Å². The summed E-state index contributed by atoms with van der Waals surface area (Å²) in [5.74, 6) is -1.19. The van der Waals surface area contributed by atoms with E-state index < -0.39 is 12.0 Å². The molecule has 112 valence electrons. The Morgan fingerprint density at radius 2 is 1.95 bits per heavy atom. The van der Waals surface area contributed by atoms with Gasteiger partial charge in [-0.2, -0.15) is 0 Å². The topological polar surface area (TPSA) is 113 Å². The zero-order valence-electron chi connectivity index (χ0n) is 11.8. The molecule has 0 bridgehead atoms. The van der Waals surface area contributed by atoms with Crippen molar-refractivity contribution in [1.29, 1.82) is 0 Å². The first-order valence-electron chi connectivity index (χ1n) is 6.56. The van der Waals surface area contributed by atoms with Gasteiger partial charge in [-0.25, -0.2) is 9.59 Å². The summed E-state index contributed by atoms with van der Waals surface area (Å²) in [5.41, 5.74) is 5.34. The van der Waals surface area contributed by atoms with Crippen LogP contribution >= 0.6 is 0 Å². The predicted octanol–water partition coefficient (Wildman–Crippen LogP) is 0.314. The minimum absolute atomic E-state index is 0.0624. The number of hydrogen-bond acceptors (Lipinski definition) is 3. The zero-order chi connectivity index (χ0) is 15.3. The highest BCUT2D eigenvalue weighted by molar-refractivity contribution is 6.01. The summed E-state index contributed by atoms with van der Waals surface area (Å²) < 4.78 is 0. The van der Waals surface area contributed by atoms with E-state index in [0.29, 0.717) is 19.6 Å². The summed E-state index contributed by atoms with van der Waals surface area (Å²) in [6.45, 7) is 4.49. The van der Waals surface area contributed by atoms with Gasteiger partial charge in [0.2, 0.25) is 5.91 Å². The average Bonchev–Trinajstić information content (AvgIpc) is 2.42. The molecule has 1 unspecified atom stereocenters. The van der Waals surface area contributed by atoms with E-state index in [1.807, 2.05) is 0 Å². The van der Waals surface area contributed by atoms with Crippen LogP contribution < -0.4 is 11.1 Å². The summed E-state index contributed by atoms with van der Waals surface area (Å²) in [4.78, 5) is 35.4. The zero-order valence-corrected chi connectivity index (χ0v) is 11.8. The number of amides is 3. The summed E-state index contributed by atoms with van der Waals surface area (Å²) in [6.07, 6.45) is 1.74. The number of hydrogen-bond donors (Lipinski definition) is 3. The van der Waals surface area contributed by atoms with Gasteiger partial charge in [-0.1, -0.05) is 0 Å². The second-order valence-electron chi connectivity index (χ2n) is 5.06. The molecule has 1 fully saturated rings. The molecule has 0 radical (unpaired) electrons. The number of carboxylic acids is 1. The minimum atomic E-state index is -1.08. The molecule has 0 aromatic heterocycles. The van der Waals surface area contributed by atoms with Crippen molar-refractivity contribution in [3.63, 3.8) is 0 Å². The summed E-state index contributed by atoms with van der Waals surface area (Å²) in [5, 5.41) is 11.4. The van der Waals surface area contributed by atoms with E-state index in [1.54, 1.807) is 4.90 Å². The first-order chi connectivity index (χ1) is 9.32. The highest BCUT2D eigenvalue weighted by Crippen LogP contribution is 2.18. The Labute approximate surface area is 117 Å². The Bertz CT molecular complexity index is 445. The van der Waals surface area contributed by atoms with Crippen LogP contribution in [0.2, 0.25) is 0 Å². The van der Waals surface area contributed by atoms with Crippen molar-refractivity contribution in [2.45, 2.75) is 26.7 Å². The number of rotatable bonds is 4. The third-order valence-electron chi connectivity index (χ3n) is 3.58. The molecule has 7 heteroatoms. The van der Waals surface area contributed by atoms with E-state index in [0.717, 1.165) is 12.8 Å². The molecule has 1 aliphatic heterocycles. The van der Waals surface area contributed by atoms with Gasteiger partial charge in [0.05, 0.1) is 0 Å². The lowest BCUT2D eigenvalue weighted by atomic mass is 9.97. The van der Waals surface area contributed by atoms with Gasteiger partial charge in [-0.15, -0.1) is 0 Å². The van der Waals surface area contributed by atoms with Crippen molar-refractivity contribution in [1.82, 2.24) is 10.2 Å². The number of nitrogens with two attached hydrogens (primary N) is 1. The quantitative estimate of drug-likeness (QED) is 0.644. The van der Waals surface area contributed by atoms with Crippen LogP contribution in [0, 0.1) is 5.92 Å². The molecule has 0 aromatic carbocycles. The smallest absolute Gasteiger partial charge is 0.331 e. The maximum absolute atomic E-state index is 12.2. The molecule has 1 heterocycles. The molecule has 4 N–H and O–H groups in total. The van der Waals surface area contributed by atoms with Crippen LogP contribution in [0.3, 0.4) is 0 Å². The number of urea groups is 1. The standard InChI is InChI=1S/C13H21N3O4/c1-8(9(2)12(18)19)11(17)16-5-3-4-10(7-16)6-15-13(14)20/h10H,3-7H2,1-2H3,(H,18,19)(H3,14,15,20). The molecule has 20 heavy (non-hydrogen) atoms. The number of carboxylic acid groups (broad SMARTS) is 1. The van der Waals surface area contributed by atoms with Gasteiger partial charge >= 0.3 is 12.0 Å². The fraction of sp³-hybridized carbons (Fsp3) is 0.615. The van der Waals surface area contributed by atoms with E-state index in [9.17, 15) is 14.4 Å². The Morgan fingerprint density at radius 3 is 2.50 bits per heavy atom. The summed E-state index contributed by atoms with van der Waals surface area (Å²) in [7, 11) is 0. The number of carbonyl (C=O) groups is 3. The van der Waals surface area contributed by atoms with Crippen LogP contribution in [0.15, 0.2) is 11.1 Å². The molecule has 1 atom stereocenters. The number of aliphatic carboxylic acids is 1. The Balaban J connectivity index is 2.67. The lowest BCUT2D eigenvalue weighted by molar-refractivity contribution is -0.134. The van der Waals surface area contributed by atoms with Crippen LogP contribution in [-0.2, 0) is 9.59 Å². The average molecular weight is 283 g/mol. The molecule has 0 aliphatic carbocycles. The molecule has 0 spiro atoms. The van der Waals surface area contributed by atoms with E-state index in [4.69, 9.17) is 10.8 Å². The van der Waals surface area contributed by atoms with Crippen molar-refractivity contribution in [3.8, 4) is 0 Å². The molecule has 0 aromatic rings. The first kappa shape index (κ1) is 16.0. The second-order valence-corrected chi connectivity index (χ2v) is 5.06. The summed E-state index contributed by atoms with van der Waals surface area (Å²) >= 11 is 0. The SMILES string of the molecule is CC(C(=O)O)=C(C)C(=O)N1CCCC(CNC(N)=O)C1. The normalized spacial score (nSPS) is 20.1. The van der Waals surface area contributed by atoms with Crippen LogP contribution in [0.1, 0.15) is 26.7 Å². The van der Waals surface area contributed by atoms with Crippen LogP contribution in [0.25, 0.3) is 0 Å². The molecule has 7 nitrogen and oxygen atoms in total. The van der Waals surface area contributed by atoms with Crippen molar-refractivity contribution < 1.29 is 19.5 Å². The lowest BCUT2D eigenvalue weighted by Gasteiger charge is -2.33. The fourth-order valence-electron chi connectivity index (χ4n) is 2.22. The van der Waals surface area contributed by atoms with Crippen LogP contribution in [0.4, 0.5) is 4.79 Å². The van der Waals surface area contributed by atoms with Crippen molar-refractivity contribution in [2.75, 3.05) is 19.6 Å². The van der Waals surface area contributed by atoms with E-state index in [2.05, 4.69) is 5.32 Å². The van der Waals surface area contributed by atoms with Gasteiger partial charge in [0.15, 0.2) is 0 Å². The highest BCUT2D eigenvalue weighted by atomic mass is 16.4. The van der Waals surface area contributed by atoms with Gasteiger partial charge in [-0.3, -0.25) is 4.79 Å². The lowest BCUT2D eigenvalue weighted by Crippen LogP contribution is -2.45. The number of carbonyl (C=O) groups excluding carboxylic acids is 2. The third-order valence-corrected chi connectivity index (χ3v) is 3.58. The van der Waals surface area contributed by atoms with Gasteiger partial charge in [0.25, 0.3) is 0 Å². The molecule has 1 saturated heterocycles. The second kappa shape index (κ2) is 6.93. The largest absolute Gasteiger partial charge is 0.478 e. The summed E-state index contributed by atoms with van der Waals surface area (Å²) in [6, 6.07) is -0.578. The predicted molar refractivity (Wildman–Crippen MR) is 72.9 cm³/mol. The molecular weight excluding hydrogens is 262 g/mol. The van der Waals surface area contributed by atoms with Gasteiger partial charge in [-0.05, 0) is 32.6 Å². The van der Waals surface area contributed by atoms with Crippen molar-refractivity contribution in [2.24, 2.45) is 11.7 Å². The van der Waals surface area contributed by atoms with Gasteiger partial charge in [0, 0.05) is 30.8 Å². The molecule has 1 rings (SSSR count). The number of primary amides is 1. The molecule has 0 saturated carbocycles. The first-order valence-corrected chi connectivity index (χ1v) is 6.56. The van der Waals surface area contributed by atoms with Crippen molar-refractivity contribution in [3.05, 3.63) is 11.1 Å². The minimum Gasteiger partial charge on any atom is -0.478 e. The Hall–Kier alpha value is -2.05. The van der Waals surface area contributed by atoms with E-state index in [1.165, 1.54) is 13.8 Å². The highest BCUT2D eigenvalue weighted by Gasteiger charge is 2.26. The monoisotopic (exact) mass is 283 g/mol. The maximum atomic E-state index is 12.2. The molecular formula is C13H21N3O4. The van der Waals surface area contributed by atoms with E-state index >= 15 is 0 Å². The van der Waals surface area contributed by atoms with Gasteiger partial charge < -0.3 is 21.1 Å². The number of nitrogens with one attached hydrogen (secondary N) is 1. The number of likely N-dealkylation sites (tertiary alicyclic amines) is 1. The maximum Gasteiger partial charge on any atom is 0.331 e. The number of nitrogens with zero attached hydrogens (tertiary/aromatic N) is 1. The van der Waals surface area contributed by atoms with Crippen molar-refractivity contribution >= 4 is 17.9 Å². The van der Waals surface area contributed by atoms with Crippen LogP contribution in [0.5, 0.6) is 0 Å².